The first-order valence-corrected chi connectivity index (χ1v) is 18.1. The van der Waals surface area contributed by atoms with E-state index in [1.165, 1.54) is 61.2 Å². The summed E-state index contributed by atoms with van der Waals surface area (Å²) in [5, 5.41) is 0. The number of hydrogen-bond donors (Lipinski definition) is 0. The Bertz CT molecular complexity index is 2210. The molecule has 0 unspecified atom stereocenters. The molecule has 0 saturated heterocycles. The van der Waals surface area contributed by atoms with E-state index in [1.54, 1.807) is 0 Å². The number of aryl methyl sites for hydroxylation is 5. The molecule has 1 nitrogen and oxygen atoms in total. The van der Waals surface area contributed by atoms with E-state index in [-0.39, 0.29) is 0 Å². The molecule has 0 N–H and O–H groups in total. The van der Waals surface area contributed by atoms with E-state index in [0.29, 0.717) is 0 Å². The van der Waals surface area contributed by atoms with Crippen LogP contribution in [0, 0.1) is 34.6 Å². The second kappa shape index (κ2) is 15.4. The van der Waals surface area contributed by atoms with Crippen LogP contribution in [0.5, 0.6) is 0 Å². The number of benzene rings is 7. The number of hydrogen-bond acceptors (Lipinski definition) is 1. The average Bonchev–Trinajstić information content (AvgIpc) is 3.18. The highest BCUT2D eigenvalue weighted by Crippen LogP contribution is 2.38. The Hall–Kier alpha value is -6.18. The molecule has 0 aromatic heterocycles. The van der Waals surface area contributed by atoms with Gasteiger partial charge in [-0.3, -0.25) is 0 Å². The zero-order chi connectivity index (χ0) is 36.0. The largest absolute Gasteiger partial charge is 0.310 e. The van der Waals surface area contributed by atoms with Gasteiger partial charge < -0.3 is 4.90 Å². The van der Waals surface area contributed by atoms with Crippen molar-refractivity contribution in [3.63, 3.8) is 0 Å². The molecule has 0 amide bonds. The highest BCUT2D eigenvalue weighted by Gasteiger charge is 2.15. The molecule has 0 bridgehead atoms. The molecule has 0 spiro atoms. The van der Waals surface area contributed by atoms with E-state index < -0.39 is 0 Å². The first kappa shape index (κ1) is 34.3. The normalized spacial score (nSPS) is 11.8. The lowest BCUT2D eigenvalue weighted by molar-refractivity contribution is 1.25. The fourth-order valence-corrected chi connectivity index (χ4v) is 6.73. The van der Waals surface area contributed by atoms with Crippen LogP contribution < -0.4 is 4.90 Å². The van der Waals surface area contributed by atoms with E-state index in [2.05, 4.69) is 222 Å². The maximum Gasteiger partial charge on any atom is 0.0490 e. The summed E-state index contributed by atoms with van der Waals surface area (Å²) < 4.78 is 0. The summed E-state index contributed by atoms with van der Waals surface area (Å²) in [6.07, 6.45) is 4.62. The SMILES string of the molecule is Cc1ccc(/C(=C\c2ccc(N(c3ccc(/C=C(/c4ccccc4)c4ccc(C)c(C)c4)cc3)c3ccccc3C)cc2)c2ccccc2)cc1C. The first-order valence-electron chi connectivity index (χ1n) is 18.1. The summed E-state index contributed by atoms with van der Waals surface area (Å²) in [7, 11) is 0. The summed E-state index contributed by atoms with van der Waals surface area (Å²) >= 11 is 0. The molecule has 52 heavy (non-hydrogen) atoms. The molecule has 0 atom stereocenters. The van der Waals surface area contributed by atoms with E-state index in [0.717, 1.165) is 28.2 Å². The van der Waals surface area contributed by atoms with Gasteiger partial charge in [-0.2, -0.15) is 0 Å². The molecule has 7 aromatic rings. The molecule has 0 saturated carbocycles. The predicted molar refractivity (Wildman–Crippen MR) is 225 cm³/mol. The fraction of sp³-hybridized carbons (Fsp3) is 0.0980. The number of para-hydroxylation sites is 1. The van der Waals surface area contributed by atoms with Gasteiger partial charge in [-0.05, 0) is 149 Å². The maximum absolute atomic E-state index is 2.36. The third-order valence-electron chi connectivity index (χ3n) is 10.1. The van der Waals surface area contributed by atoms with Crippen molar-refractivity contribution in [2.45, 2.75) is 34.6 Å². The van der Waals surface area contributed by atoms with Gasteiger partial charge in [0.25, 0.3) is 0 Å². The highest BCUT2D eigenvalue weighted by molar-refractivity contribution is 5.93. The van der Waals surface area contributed by atoms with Crippen LogP contribution in [0.2, 0.25) is 0 Å². The van der Waals surface area contributed by atoms with Gasteiger partial charge in [-0.25, -0.2) is 0 Å². The van der Waals surface area contributed by atoms with E-state index in [1.807, 2.05) is 0 Å². The first-order chi connectivity index (χ1) is 25.3. The van der Waals surface area contributed by atoms with Crippen molar-refractivity contribution in [3.8, 4) is 0 Å². The lowest BCUT2D eigenvalue weighted by Gasteiger charge is -2.27. The number of anilines is 3. The van der Waals surface area contributed by atoms with Crippen LogP contribution in [0.15, 0.2) is 170 Å². The molecule has 0 heterocycles. The summed E-state index contributed by atoms with van der Waals surface area (Å²) in [6.45, 7) is 10.9. The summed E-state index contributed by atoms with van der Waals surface area (Å²) in [4.78, 5) is 2.36. The molecule has 0 fully saturated rings. The minimum absolute atomic E-state index is 1.11. The quantitative estimate of drug-likeness (QED) is 0.138. The molecule has 0 aliphatic heterocycles. The molecule has 7 aromatic carbocycles. The van der Waals surface area contributed by atoms with Crippen LogP contribution in [0.25, 0.3) is 23.3 Å². The number of rotatable bonds is 9. The highest BCUT2D eigenvalue weighted by atomic mass is 15.1. The Balaban J connectivity index is 1.26. The van der Waals surface area contributed by atoms with Gasteiger partial charge in [-0.1, -0.05) is 140 Å². The van der Waals surface area contributed by atoms with Crippen LogP contribution in [0.1, 0.15) is 61.2 Å². The average molecular weight is 672 g/mol. The molecular formula is C51H45N. The molecule has 1 heteroatoms. The van der Waals surface area contributed by atoms with Crippen molar-refractivity contribution in [2.75, 3.05) is 4.90 Å². The lowest BCUT2D eigenvalue weighted by atomic mass is 9.93. The topological polar surface area (TPSA) is 3.24 Å². The van der Waals surface area contributed by atoms with Crippen molar-refractivity contribution in [3.05, 3.63) is 231 Å². The minimum Gasteiger partial charge on any atom is -0.310 e. The van der Waals surface area contributed by atoms with Gasteiger partial charge >= 0.3 is 0 Å². The van der Waals surface area contributed by atoms with Gasteiger partial charge in [0.2, 0.25) is 0 Å². The predicted octanol–water partition coefficient (Wildman–Crippen LogP) is 13.9. The Morgan fingerprint density at radius 2 is 0.750 bits per heavy atom. The van der Waals surface area contributed by atoms with Gasteiger partial charge in [0, 0.05) is 17.1 Å². The van der Waals surface area contributed by atoms with Crippen molar-refractivity contribution < 1.29 is 0 Å². The number of nitrogens with zero attached hydrogens (tertiary/aromatic N) is 1. The maximum atomic E-state index is 2.36. The Labute approximate surface area is 309 Å². The Morgan fingerprint density at radius 1 is 0.346 bits per heavy atom. The van der Waals surface area contributed by atoms with Gasteiger partial charge in [-0.15, -0.1) is 0 Å². The van der Waals surface area contributed by atoms with Gasteiger partial charge in [0.1, 0.15) is 0 Å². The third-order valence-corrected chi connectivity index (χ3v) is 10.1. The van der Waals surface area contributed by atoms with Crippen LogP contribution in [0.3, 0.4) is 0 Å². The van der Waals surface area contributed by atoms with Crippen molar-refractivity contribution >= 4 is 40.4 Å². The second-order valence-corrected chi connectivity index (χ2v) is 13.8. The minimum atomic E-state index is 1.11. The van der Waals surface area contributed by atoms with E-state index in [9.17, 15) is 0 Å². The van der Waals surface area contributed by atoms with Crippen molar-refractivity contribution in [2.24, 2.45) is 0 Å². The smallest absolute Gasteiger partial charge is 0.0490 e. The molecule has 0 radical (unpaired) electrons. The molecule has 254 valence electrons. The Kier molecular flexibility index (Phi) is 10.1. The third kappa shape index (κ3) is 7.60. The summed E-state index contributed by atoms with van der Waals surface area (Å²) in [5.41, 5.74) is 19.4. The van der Waals surface area contributed by atoms with Crippen LogP contribution >= 0.6 is 0 Å². The second-order valence-electron chi connectivity index (χ2n) is 13.8. The zero-order valence-corrected chi connectivity index (χ0v) is 30.8. The molecule has 7 rings (SSSR count). The van der Waals surface area contributed by atoms with E-state index in [4.69, 9.17) is 0 Å². The Morgan fingerprint density at radius 3 is 1.15 bits per heavy atom. The zero-order valence-electron chi connectivity index (χ0n) is 30.8. The molecular weight excluding hydrogens is 627 g/mol. The van der Waals surface area contributed by atoms with Crippen LogP contribution in [0.4, 0.5) is 17.1 Å². The lowest BCUT2D eigenvalue weighted by Crippen LogP contribution is -2.11. The molecule has 0 aliphatic carbocycles. The monoisotopic (exact) mass is 671 g/mol. The van der Waals surface area contributed by atoms with Crippen molar-refractivity contribution in [1.29, 1.82) is 0 Å². The summed E-state index contributed by atoms with van der Waals surface area (Å²) in [6, 6.07) is 61.4. The standard InChI is InChI=1S/C51H45N/c1-36-20-26-45(32-39(36)4)49(43-15-8-6-9-16-43)34-41-22-28-47(29-23-41)52(51-19-13-12-14-38(51)3)48-30-24-42(25-31-48)35-50(44-17-10-7-11-18-44)46-27-21-37(2)40(5)33-46/h6-35H,1-5H3/b49-34-,50-35-. The van der Waals surface area contributed by atoms with Gasteiger partial charge in [0.15, 0.2) is 0 Å². The molecule has 0 aliphatic rings. The summed E-state index contributed by atoms with van der Waals surface area (Å²) in [5.74, 6) is 0. The van der Waals surface area contributed by atoms with Crippen LogP contribution in [-0.4, -0.2) is 0 Å². The fourth-order valence-electron chi connectivity index (χ4n) is 6.73. The van der Waals surface area contributed by atoms with Gasteiger partial charge in [0.05, 0.1) is 0 Å². The van der Waals surface area contributed by atoms with Crippen LogP contribution in [-0.2, 0) is 0 Å². The van der Waals surface area contributed by atoms with E-state index >= 15 is 0 Å². The van der Waals surface area contributed by atoms with Crippen molar-refractivity contribution in [1.82, 2.24) is 0 Å².